The predicted molar refractivity (Wildman–Crippen MR) is 71.2 cm³/mol. The molecule has 0 aliphatic rings. The highest BCUT2D eigenvalue weighted by Gasteiger charge is 2.14. The molecule has 0 aromatic heterocycles. The second-order valence-corrected chi connectivity index (χ2v) is 4.87. The summed E-state index contributed by atoms with van der Waals surface area (Å²) in [6.07, 6.45) is 0. The molecule has 4 heteroatoms. The van der Waals surface area contributed by atoms with Crippen molar-refractivity contribution in [3.63, 3.8) is 0 Å². The number of aryl methyl sites for hydroxylation is 1. The third kappa shape index (κ3) is 2.43. The summed E-state index contributed by atoms with van der Waals surface area (Å²) in [4.78, 5) is 11.2. The molecule has 0 atom stereocenters. The first kappa shape index (κ1) is 12.8. The smallest absolute Gasteiger partial charge is 0.336 e. The number of aromatic carboxylic acids is 1. The van der Waals surface area contributed by atoms with Gasteiger partial charge in [0, 0.05) is 4.47 Å². The van der Waals surface area contributed by atoms with Gasteiger partial charge in [-0.25, -0.2) is 9.18 Å². The quantitative estimate of drug-likeness (QED) is 0.900. The molecule has 0 spiro atoms. The predicted octanol–water partition coefficient (Wildman–Crippen LogP) is 4.26. The van der Waals surface area contributed by atoms with E-state index in [0.717, 1.165) is 5.56 Å². The minimum absolute atomic E-state index is 0.194. The van der Waals surface area contributed by atoms with Crippen molar-refractivity contribution in [2.24, 2.45) is 0 Å². The van der Waals surface area contributed by atoms with Gasteiger partial charge in [-0.2, -0.15) is 0 Å². The fourth-order valence-corrected chi connectivity index (χ4v) is 2.22. The first-order chi connectivity index (χ1) is 8.49. The third-order valence-electron chi connectivity index (χ3n) is 2.69. The van der Waals surface area contributed by atoms with Gasteiger partial charge in [0.05, 0.1) is 5.56 Å². The van der Waals surface area contributed by atoms with Crippen LogP contribution >= 0.6 is 15.9 Å². The minimum atomic E-state index is -1.00. The Labute approximate surface area is 112 Å². The van der Waals surface area contributed by atoms with Crippen LogP contribution in [0.2, 0.25) is 0 Å². The monoisotopic (exact) mass is 308 g/mol. The Morgan fingerprint density at radius 1 is 1.17 bits per heavy atom. The van der Waals surface area contributed by atoms with E-state index in [-0.39, 0.29) is 11.4 Å². The first-order valence-electron chi connectivity index (χ1n) is 5.28. The van der Waals surface area contributed by atoms with Crippen molar-refractivity contribution in [1.29, 1.82) is 0 Å². The van der Waals surface area contributed by atoms with Gasteiger partial charge < -0.3 is 5.11 Å². The Morgan fingerprint density at radius 3 is 2.44 bits per heavy atom. The normalized spacial score (nSPS) is 10.4. The van der Waals surface area contributed by atoms with Crippen molar-refractivity contribution in [2.45, 2.75) is 6.92 Å². The standard InChI is InChI=1S/C14H10BrFO2/c1-8-6-10(16)3-5-11(8)12-4-2-9(15)7-13(12)14(17)18/h2-7H,1H3,(H,17,18). The largest absolute Gasteiger partial charge is 0.478 e. The fraction of sp³-hybridized carbons (Fsp3) is 0.0714. The van der Waals surface area contributed by atoms with Crippen LogP contribution in [0.15, 0.2) is 40.9 Å². The highest BCUT2D eigenvalue weighted by atomic mass is 79.9. The van der Waals surface area contributed by atoms with E-state index in [4.69, 9.17) is 0 Å². The number of benzene rings is 2. The van der Waals surface area contributed by atoms with Gasteiger partial charge in [0.1, 0.15) is 5.82 Å². The zero-order valence-corrected chi connectivity index (χ0v) is 11.2. The number of carboxylic acids is 1. The molecule has 2 nitrogen and oxygen atoms in total. The molecule has 0 aliphatic carbocycles. The zero-order chi connectivity index (χ0) is 13.3. The molecule has 92 valence electrons. The lowest BCUT2D eigenvalue weighted by Gasteiger charge is -2.10. The highest BCUT2D eigenvalue weighted by molar-refractivity contribution is 9.10. The van der Waals surface area contributed by atoms with Gasteiger partial charge in [0.15, 0.2) is 0 Å². The van der Waals surface area contributed by atoms with Crippen molar-refractivity contribution in [3.05, 3.63) is 57.8 Å². The maximum Gasteiger partial charge on any atom is 0.336 e. The van der Waals surface area contributed by atoms with Crippen LogP contribution in [0.4, 0.5) is 4.39 Å². The molecule has 0 radical (unpaired) electrons. The Bertz CT molecular complexity index is 623. The molecule has 0 aliphatic heterocycles. The molecular weight excluding hydrogens is 299 g/mol. The van der Waals surface area contributed by atoms with Crippen LogP contribution in [0.25, 0.3) is 11.1 Å². The van der Waals surface area contributed by atoms with Crippen molar-refractivity contribution in [3.8, 4) is 11.1 Å². The van der Waals surface area contributed by atoms with Crippen molar-refractivity contribution in [1.82, 2.24) is 0 Å². The van der Waals surface area contributed by atoms with Crippen LogP contribution in [-0.2, 0) is 0 Å². The summed E-state index contributed by atoms with van der Waals surface area (Å²) >= 11 is 3.24. The Balaban J connectivity index is 2.67. The van der Waals surface area contributed by atoms with Crippen molar-refractivity contribution < 1.29 is 14.3 Å². The number of rotatable bonds is 2. The molecular formula is C14H10BrFO2. The van der Waals surface area contributed by atoms with Gasteiger partial charge in [-0.3, -0.25) is 0 Å². The van der Waals surface area contributed by atoms with Crippen LogP contribution in [-0.4, -0.2) is 11.1 Å². The molecule has 18 heavy (non-hydrogen) atoms. The molecule has 0 fully saturated rings. The van der Waals surface area contributed by atoms with Gasteiger partial charge in [0.2, 0.25) is 0 Å². The molecule has 2 aromatic carbocycles. The second-order valence-electron chi connectivity index (χ2n) is 3.95. The van der Waals surface area contributed by atoms with Crippen LogP contribution in [0, 0.1) is 12.7 Å². The summed E-state index contributed by atoms with van der Waals surface area (Å²) in [7, 11) is 0. The molecule has 0 bridgehead atoms. The van der Waals surface area contributed by atoms with E-state index in [1.165, 1.54) is 12.1 Å². The summed E-state index contributed by atoms with van der Waals surface area (Å²) in [6.45, 7) is 1.76. The van der Waals surface area contributed by atoms with Gasteiger partial charge in [-0.05, 0) is 47.9 Å². The number of hydrogen-bond acceptors (Lipinski definition) is 1. The SMILES string of the molecule is Cc1cc(F)ccc1-c1ccc(Br)cc1C(=O)O. The lowest BCUT2D eigenvalue weighted by molar-refractivity contribution is 0.0697. The Hall–Kier alpha value is -1.68. The molecule has 0 saturated heterocycles. The summed E-state index contributed by atoms with van der Waals surface area (Å²) in [5, 5.41) is 9.20. The molecule has 0 saturated carbocycles. The molecule has 2 rings (SSSR count). The number of halogens is 2. The lowest BCUT2D eigenvalue weighted by Crippen LogP contribution is -2.00. The van der Waals surface area contributed by atoms with Crippen molar-refractivity contribution in [2.75, 3.05) is 0 Å². The summed E-state index contributed by atoms with van der Waals surface area (Å²) in [6, 6.07) is 9.35. The number of carbonyl (C=O) groups is 1. The molecule has 0 heterocycles. The van der Waals surface area contributed by atoms with Gasteiger partial charge in [-0.1, -0.05) is 28.1 Å². The average molecular weight is 309 g/mol. The Morgan fingerprint density at radius 2 is 1.83 bits per heavy atom. The topological polar surface area (TPSA) is 37.3 Å². The maximum absolute atomic E-state index is 13.1. The van der Waals surface area contributed by atoms with E-state index < -0.39 is 5.97 Å². The van der Waals surface area contributed by atoms with Gasteiger partial charge >= 0.3 is 5.97 Å². The average Bonchev–Trinajstić information content (AvgIpc) is 2.29. The molecule has 2 aromatic rings. The van der Waals surface area contributed by atoms with Crippen LogP contribution in [0.1, 0.15) is 15.9 Å². The number of carboxylic acid groups (broad SMARTS) is 1. The van der Waals surface area contributed by atoms with E-state index in [9.17, 15) is 14.3 Å². The minimum Gasteiger partial charge on any atom is -0.478 e. The summed E-state index contributed by atoms with van der Waals surface area (Å²) < 4.78 is 13.8. The van der Waals surface area contributed by atoms with Crippen LogP contribution in [0.3, 0.4) is 0 Å². The molecule has 0 amide bonds. The van der Waals surface area contributed by atoms with E-state index >= 15 is 0 Å². The van der Waals surface area contributed by atoms with E-state index in [0.29, 0.717) is 15.6 Å². The number of hydrogen-bond donors (Lipinski definition) is 1. The van der Waals surface area contributed by atoms with Crippen LogP contribution in [0.5, 0.6) is 0 Å². The lowest BCUT2D eigenvalue weighted by atomic mass is 9.96. The van der Waals surface area contributed by atoms with E-state index in [1.807, 2.05) is 0 Å². The first-order valence-corrected chi connectivity index (χ1v) is 6.07. The van der Waals surface area contributed by atoms with E-state index in [2.05, 4.69) is 15.9 Å². The Kier molecular flexibility index (Phi) is 3.48. The maximum atomic E-state index is 13.1. The third-order valence-corrected chi connectivity index (χ3v) is 3.18. The molecule has 1 N–H and O–H groups in total. The van der Waals surface area contributed by atoms with Gasteiger partial charge in [-0.15, -0.1) is 0 Å². The summed E-state index contributed by atoms with van der Waals surface area (Å²) in [5.74, 6) is -1.33. The fourth-order valence-electron chi connectivity index (χ4n) is 1.86. The van der Waals surface area contributed by atoms with E-state index in [1.54, 1.807) is 31.2 Å². The molecule has 0 unspecified atom stereocenters. The zero-order valence-electron chi connectivity index (χ0n) is 9.58. The van der Waals surface area contributed by atoms with Crippen molar-refractivity contribution >= 4 is 21.9 Å². The van der Waals surface area contributed by atoms with Gasteiger partial charge in [0.25, 0.3) is 0 Å². The second kappa shape index (κ2) is 4.90. The van der Waals surface area contributed by atoms with Crippen LogP contribution < -0.4 is 0 Å². The highest BCUT2D eigenvalue weighted by Crippen LogP contribution is 2.29. The summed E-state index contributed by atoms with van der Waals surface area (Å²) in [5.41, 5.74) is 2.21.